The number of hydrogen-bond donors (Lipinski definition) is 3. The van der Waals surface area contributed by atoms with Crippen LogP contribution in [0.25, 0.3) is 11.0 Å². The molecule has 12 nitrogen and oxygen atoms in total. The number of nitrogens with zero attached hydrogens (tertiary/aromatic N) is 3. The number of anilines is 3. The zero-order valence-corrected chi connectivity index (χ0v) is 23.8. The summed E-state index contributed by atoms with van der Waals surface area (Å²) in [5.74, 6) is 1.72. The predicted octanol–water partition coefficient (Wildman–Crippen LogP) is 4.71. The van der Waals surface area contributed by atoms with Gasteiger partial charge in [0.15, 0.2) is 22.1 Å². The summed E-state index contributed by atoms with van der Waals surface area (Å²) >= 11 is 0. The van der Waals surface area contributed by atoms with Crippen molar-refractivity contribution in [1.29, 1.82) is 0 Å². The van der Waals surface area contributed by atoms with E-state index in [0.29, 0.717) is 47.2 Å². The van der Waals surface area contributed by atoms with Gasteiger partial charge in [0.1, 0.15) is 23.4 Å². The summed E-state index contributed by atoms with van der Waals surface area (Å²) in [5.41, 5.74) is 2.72. The Balaban J connectivity index is 1.30. The van der Waals surface area contributed by atoms with Gasteiger partial charge >= 0.3 is 0 Å². The average molecular weight is 587 g/mol. The van der Waals surface area contributed by atoms with Gasteiger partial charge in [-0.1, -0.05) is 5.16 Å². The summed E-state index contributed by atoms with van der Waals surface area (Å²) in [4.78, 5) is 1.75. The average Bonchev–Trinajstić information content (AvgIpc) is 3.59. The smallest absolute Gasteiger partial charge is 0.270 e. The number of aromatic amines is 1. The number of sulfonamides is 1. The van der Waals surface area contributed by atoms with E-state index in [1.807, 2.05) is 17.9 Å². The standard InChI is InChI=1S/C27H31FN6O6S/c1-14(34-12-17(28)13-34)16-7-23(38-3)26(24(8-16)39-4)41(35,36)33-27-18-9-22(37-2)20(10-21(18)40-32-27)29-25-11-19(30-31-25)15-5-6-15/h7-11,14-15,17H,5-6,12-13H2,1-4H3,(H,32,33)(H2,29,30,31)/t14-/m1/s1. The summed E-state index contributed by atoms with van der Waals surface area (Å²) < 4.78 is 65.3. The molecule has 0 spiro atoms. The van der Waals surface area contributed by atoms with Crippen molar-refractivity contribution in [3.8, 4) is 17.2 Å². The van der Waals surface area contributed by atoms with Crippen molar-refractivity contribution < 1.29 is 31.5 Å². The van der Waals surface area contributed by atoms with Gasteiger partial charge in [-0.2, -0.15) is 5.10 Å². The molecule has 3 heterocycles. The fourth-order valence-electron chi connectivity index (χ4n) is 5.01. The third-order valence-electron chi connectivity index (χ3n) is 7.55. The fourth-order valence-corrected chi connectivity index (χ4v) is 6.33. The van der Waals surface area contributed by atoms with Gasteiger partial charge in [0, 0.05) is 42.9 Å². The Morgan fingerprint density at radius 1 is 1.05 bits per heavy atom. The molecule has 41 heavy (non-hydrogen) atoms. The molecule has 3 N–H and O–H groups in total. The second-order valence-electron chi connectivity index (χ2n) is 10.3. The van der Waals surface area contributed by atoms with Crippen molar-refractivity contribution in [2.75, 3.05) is 44.5 Å². The van der Waals surface area contributed by atoms with E-state index >= 15 is 0 Å². The highest BCUT2D eigenvalue weighted by molar-refractivity contribution is 7.93. The minimum atomic E-state index is -4.27. The number of aromatic nitrogens is 3. The van der Waals surface area contributed by atoms with Gasteiger partial charge in [-0.15, -0.1) is 0 Å². The molecule has 6 rings (SSSR count). The molecule has 0 unspecified atom stereocenters. The Hall–Kier alpha value is -4.04. The maximum atomic E-state index is 13.7. The number of H-pyrrole nitrogens is 1. The highest BCUT2D eigenvalue weighted by Crippen LogP contribution is 2.42. The summed E-state index contributed by atoms with van der Waals surface area (Å²) in [6.45, 7) is 2.55. The normalized spacial score (nSPS) is 16.8. The molecular formula is C27H31FN6O6S. The molecule has 2 aromatic carbocycles. The van der Waals surface area contributed by atoms with Crippen molar-refractivity contribution in [3.05, 3.63) is 41.6 Å². The van der Waals surface area contributed by atoms with E-state index < -0.39 is 16.2 Å². The van der Waals surface area contributed by atoms with E-state index in [4.69, 9.17) is 18.7 Å². The Labute approximate surface area is 236 Å². The minimum absolute atomic E-state index is 0.0308. The predicted molar refractivity (Wildman–Crippen MR) is 150 cm³/mol. The Morgan fingerprint density at radius 2 is 1.73 bits per heavy atom. The summed E-state index contributed by atoms with van der Waals surface area (Å²) in [6, 6.07) is 8.34. The molecule has 0 radical (unpaired) electrons. The molecule has 2 aromatic heterocycles. The second-order valence-corrected chi connectivity index (χ2v) is 11.9. The molecule has 2 aliphatic rings. The van der Waals surface area contributed by atoms with E-state index in [9.17, 15) is 12.8 Å². The lowest BCUT2D eigenvalue weighted by Crippen LogP contribution is -2.49. The van der Waals surface area contributed by atoms with Crippen LogP contribution in [0, 0.1) is 0 Å². The van der Waals surface area contributed by atoms with E-state index in [0.717, 1.165) is 24.1 Å². The molecule has 0 amide bonds. The Kier molecular flexibility index (Phi) is 6.90. The van der Waals surface area contributed by atoms with E-state index in [2.05, 4.69) is 25.4 Å². The van der Waals surface area contributed by atoms with Crippen LogP contribution in [-0.4, -0.2) is 69.3 Å². The van der Waals surface area contributed by atoms with Crippen molar-refractivity contribution in [2.45, 2.75) is 42.8 Å². The first-order chi connectivity index (χ1) is 19.7. The molecule has 1 atom stereocenters. The third-order valence-corrected chi connectivity index (χ3v) is 8.95. The zero-order valence-electron chi connectivity index (χ0n) is 23.0. The van der Waals surface area contributed by atoms with Gasteiger partial charge in [-0.05, 0) is 43.5 Å². The minimum Gasteiger partial charge on any atom is -0.495 e. The maximum Gasteiger partial charge on any atom is 0.270 e. The summed E-state index contributed by atoms with van der Waals surface area (Å²) in [5, 5.41) is 14.9. The van der Waals surface area contributed by atoms with E-state index in [1.165, 1.54) is 21.3 Å². The number of methoxy groups -OCH3 is 3. The van der Waals surface area contributed by atoms with Crippen LogP contribution >= 0.6 is 0 Å². The van der Waals surface area contributed by atoms with Crippen molar-refractivity contribution in [2.24, 2.45) is 0 Å². The van der Waals surface area contributed by atoms with E-state index in [-0.39, 0.29) is 28.3 Å². The molecule has 14 heteroatoms. The van der Waals surface area contributed by atoms with Crippen LogP contribution < -0.4 is 24.2 Å². The molecule has 1 saturated heterocycles. The quantitative estimate of drug-likeness (QED) is 0.226. The Morgan fingerprint density at radius 3 is 2.34 bits per heavy atom. The zero-order chi connectivity index (χ0) is 28.9. The highest BCUT2D eigenvalue weighted by Gasteiger charge is 2.34. The maximum absolute atomic E-state index is 13.7. The molecule has 1 aliphatic heterocycles. The largest absolute Gasteiger partial charge is 0.495 e. The van der Waals surface area contributed by atoms with Gasteiger partial charge in [-0.3, -0.25) is 14.7 Å². The lowest BCUT2D eigenvalue weighted by atomic mass is 10.0. The summed E-state index contributed by atoms with van der Waals surface area (Å²) in [6.07, 6.45) is 1.43. The number of likely N-dealkylation sites (tertiary alicyclic amines) is 1. The molecule has 1 saturated carbocycles. The van der Waals surface area contributed by atoms with Gasteiger partial charge in [0.05, 0.1) is 32.4 Å². The number of hydrogen-bond acceptors (Lipinski definition) is 10. The van der Waals surface area contributed by atoms with Gasteiger partial charge in [0.2, 0.25) is 0 Å². The van der Waals surface area contributed by atoms with E-state index in [1.54, 1.807) is 24.3 Å². The van der Waals surface area contributed by atoms with Crippen LogP contribution in [0.1, 0.15) is 43.0 Å². The number of nitrogens with one attached hydrogen (secondary N) is 3. The van der Waals surface area contributed by atoms with Crippen LogP contribution in [0.15, 0.2) is 39.8 Å². The van der Waals surface area contributed by atoms with Crippen LogP contribution in [-0.2, 0) is 10.0 Å². The van der Waals surface area contributed by atoms with Crippen LogP contribution in [0.5, 0.6) is 17.2 Å². The number of fused-ring (bicyclic) bond motifs is 1. The molecule has 2 fully saturated rings. The first-order valence-electron chi connectivity index (χ1n) is 13.2. The molecule has 4 aromatic rings. The lowest BCUT2D eigenvalue weighted by molar-refractivity contribution is 0.0329. The highest BCUT2D eigenvalue weighted by atomic mass is 32.2. The van der Waals surface area contributed by atoms with Crippen molar-refractivity contribution in [3.63, 3.8) is 0 Å². The third kappa shape index (κ3) is 5.12. The number of rotatable bonds is 11. The van der Waals surface area contributed by atoms with Crippen molar-refractivity contribution in [1.82, 2.24) is 20.3 Å². The van der Waals surface area contributed by atoms with Crippen LogP contribution in [0.3, 0.4) is 0 Å². The second kappa shape index (κ2) is 10.4. The topological polar surface area (TPSA) is 144 Å². The van der Waals surface area contributed by atoms with Crippen LogP contribution in [0.4, 0.5) is 21.7 Å². The molecular weight excluding hydrogens is 555 g/mol. The first kappa shape index (κ1) is 27.1. The number of halogens is 1. The fraction of sp³-hybridized carbons (Fsp3) is 0.407. The van der Waals surface area contributed by atoms with Crippen LogP contribution in [0.2, 0.25) is 0 Å². The number of alkyl halides is 1. The monoisotopic (exact) mass is 586 g/mol. The Bertz CT molecular complexity index is 1670. The molecule has 0 bridgehead atoms. The lowest BCUT2D eigenvalue weighted by Gasteiger charge is -2.39. The van der Waals surface area contributed by atoms with Gasteiger partial charge in [0.25, 0.3) is 10.0 Å². The number of ether oxygens (including phenoxy) is 3. The first-order valence-corrected chi connectivity index (χ1v) is 14.7. The van der Waals surface area contributed by atoms with Gasteiger partial charge < -0.3 is 24.1 Å². The molecule has 218 valence electrons. The van der Waals surface area contributed by atoms with Crippen molar-refractivity contribution >= 4 is 38.3 Å². The van der Waals surface area contributed by atoms with Gasteiger partial charge in [-0.25, -0.2) is 12.8 Å². The molecule has 1 aliphatic carbocycles. The summed E-state index contributed by atoms with van der Waals surface area (Å²) in [7, 11) is -0.00511. The SMILES string of the molecule is COc1cc2c(NS(=O)(=O)c3c(OC)cc([C@@H](C)N4CC(F)C4)cc3OC)noc2cc1Nc1cc(C2CC2)[nH]n1. The number of benzene rings is 2.